The van der Waals surface area contributed by atoms with E-state index in [2.05, 4.69) is 41.5 Å². The highest BCUT2D eigenvalue weighted by Gasteiger charge is 2.30. The molecule has 3 aromatic rings. The lowest BCUT2D eigenvalue weighted by Crippen LogP contribution is -3.00. The molecule has 1 heterocycles. The maximum absolute atomic E-state index is 12.3. The molecule has 5 nitrogen and oxygen atoms in total. The molecule has 1 fully saturated rings. The fourth-order valence-electron chi connectivity index (χ4n) is 4.34. The second-order valence-electron chi connectivity index (χ2n) is 9.08. The third kappa shape index (κ3) is 7.17. The van der Waals surface area contributed by atoms with Crippen molar-refractivity contribution in [2.45, 2.75) is 6.54 Å². The average molecular weight is 547 g/mol. The van der Waals surface area contributed by atoms with Crippen molar-refractivity contribution in [1.29, 1.82) is 0 Å². The van der Waals surface area contributed by atoms with Crippen LogP contribution in [0.25, 0.3) is 6.08 Å². The Balaban J connectivity index is 0.00000361. The number of benzene rings is 3. The molecule has 0 atom stereocenters. The van der Waals surface area contributed by atoms with Gasteiger partial charge in [-0.3, -0.25) is 4.79 Å². The number of halogens is 3. The molecule has 1 aliphatic heterocycles. The largest absolute Gasteiger partial charge is 1.00 e. The van der Waals surface area contributed by atoms with Gasteiger partial charge in [0.25, 0.3) is 0 Å². The van der Waals surface area contributed by atoms with E-state index in [1.165, 1.54) is 11.6 Å². The maximum atomic E-state index is 12.3. The molecule has 0 radical (unpaired) electrons. The summed E-state index contributed by atoms with van der Waals surface area (Å²) in [4.78, 5) is 14.7. The van der Waals surface area contributed by atoms with Gasteiger partial charge in [0, 0.05) is 17.3 Å². The predicted octanol–water partition coefficient (Wildman–Crippen LogP) is 3.12. The van der Waals surface area contributed by atoms with Crippen LogP contribution in [-0.2, 0) is 11.3 Å². The molecule has 1 amide bonds. The highest BCUT2D eigenvalue weighted by atomic mass is 35.5. The van der Waals surface area contributed by atoms with Gasteiger partial charge in [0.1, 0.15) is 12.3 Å². The molecule has 8 heteroatoms. The van der Waals surface area contributed by atoms with Gasteiger partial charge in [0.2, 0.25) is 5.91 Å². The number of nitrogens with one attached hydrogen (secondary N) is 1. The number of quaternary nitrogens is 1. The molecule has 0 saturated carbocycles. The van der Waals surface area contributed by atoms with Crippen LogP contribution in [0.4, 0.5) is 11.4 Å². The second-order valence-corrected chi connectivity index (χ2v) is 9.89. The number of hydrogen-bond donors (Lipinski definition) is 1. The number of nitrogens with zero attached hydrogens (tertiary/aromatic N) is 2. The molecule has 4 rings (SSSR count). The Bertz CT molecular complexity index is 1210. The highest BCUT2D eigenvalue weighted by Crippen LogP contribution is 2.30. The van der Waals surface area contributed by atoms with Crippen molar-refractivity contribution in [2.24, 2.45) is 0 Å². The molecule has 0 aliphatic carbocycles. The molecule has 0 spiro atoms. The van der Waals surface area contributed by atoms with Gasteiger partial charge in [-0.05, 0) is 48.0 Å². The summed E-state index contributed by atoms with van der Waals surface area (Å²) in [6.45, 7) is 5.02. The quantitative estimate of drug-likeness (QED) is 0.366. The minimum atomic E-state index is -0.199. The first-order chi connectivity index (χ1) is 16.8. The van der Waals surface area contributed by atoms with Crippen LogP contribution in [0, 0.1) is 0 Å². The molecule has 1 aliphatic rings. The Morgan fingerprint density at radius 3 is 2.39 bits per heavy atom. The average Bonchev–Trinajstić information content (AvgIpc) is 2.86. The maximum Gasteiger partial charge on any atom is 0.248 e. The van der Waals surface area contributed by atoms with Crippen LogP contribution in [0.15, 0.2) is 72.8 Å². The number of carbonyl (C=O) groups is 1. The van der Waals surface area contributed by atoms with E-state index in [1.807, 2.05) is 30.3 Å². The topological polar surface area (TPSA) is 41.6 Å². The number of carbonyl (C=O) groups excluding carboxylic acids is 1. The van der Waals surface area contributed by atoms with Crippen molar-refractivity contribution in [1.82, 2.24) is 0 Å². The van der Waals surface area contributed by atoms with E-state index < -0.39 is 0 Å². The van der Waals surface area contributed by atoms with Gasteiger partial charge in [-0.15, -0.1) is 0 Å². The number of piperazine rings is 1. The highest BCUT2D eigenvalue weighted by molar-refractivity contribution is 6.42. The number of para-hydroxylation sites is 2. The van der Waals surface area contributed by atoms with E-state index in [9.17, 15) is 4.79 Å². The Morgan fingerprint density at radius 2 is 1.72 bits per heavy atom. The predicted molar refractivity (Wildman–Crippen MR) is 145 cm³/mol. The van der Waals surface area contributed by atoms with Gasteiger partial charge >= 0.3 is 0 Å². The fourth-order valence-corrected chi connectivity index (χ4v) is 4.65. The first kappa shape index (κ1) is 27.9. The lowest BCUT2D eigenvalue weighted by atomic mass is 10.1. The van der Waals surface area contributed by atoms with E-state index in [-0.39, 0.29) is 18.3 Å². The smallest absolute Gasteiger partial charge is 0.248 e. The van der Waals surface area contributed by atoms with Gasteiger partial charge in [-0.25, -0.2) is 0 Å². The monoisotopic (exact) mass is 545 g/mol. The van der Waals surface area contributed by atoms with Crippen molar-refractivity contribution in [3.63, 3.8) is 0 Å². The van der Waals surface area contributed by atoms with Gasteiger partial charge in [-0.2, -0.15) is 0 Å². The summed E-state index contributed by atoms with van der Waals surface area (Å²) in [6, 6.07) is 21.5. The molecular formula is C28H30Cl3N3O2. The van der Waals surface area contributed by atoms with E-state index in [0.717, 1.165) is 59.9 Å². The summed E-state index contributed by atoms with van der Waals surface area (Å²) in [5.74, 6) is 0.725. The lowest BCUT2D eigenvalue weighted by Gasteiger charge is -2.43. The van der Waals surface area contributed by atoms with Gasteiger partial charge in [-0.1, -0.05) is 53.5 Å². The van der Waals surface area contributed by atoms with E-state index in [4.69, 9.17) is 27.9 Å². The molecular weight excluding hydrogens is 517 g/mol. The van der Waals surface area contributed by atoms with Crippen LogP contribution >= 0.6 is 23.2 Å². The molecule has 190 valence electrons. The summed E-state index contributed by atoms with van der Waals surface area (Å²) in [5, 5.41) is 3.85. The summed E-state index contributed by atoms with van der Waals surface area (Å²) in [6.07, 6.45) is 3.20. The van der Waals surface area contributed by atoms with Crippen molar-refractivity contribution >= 4 is 46.6 Å². The van der Waals surface area contributed by atoms with Crippen LogP contribution in [-0.4, -0.2) is 50.7 Å². The first-order valence-electron chi connectivity index (χ1n) is 11.6. The number of methoxy groups -OCH3 is 1. The minimum absolute atomic E-state index is 0. The normalized spacial score (nSPS) is 14.8. The van der Waals surface area contributed by atoms with Crippen LogP contribution in [0.5, 0.6) is 5.75 Å². The number of ether oxygens (including phenoxy) is 1. The van der Waals surface area contributed by atoms with E-state index in [0.29, 0.717) is 10.0 Å². The van der Waals surface area contributed by atoms with Crippen molar-refractivity contribution < 1.29 is 26.4 Å². The number of rotatable bonds is 7. The molecule has 1 saturated heterocycles. The first-order valence-corrected chi connectivity index (χ1v) is 12.4. The van der Waals surface area contributed by atoms with Crippen LogP contribution in [0.1, 0.15) is 11.1 Å². The zero-order valence-electron chi connectivity index (χ0n) is 20.4. The summed E-state index contributed by atoms with van der Waals surface area (Å²) < 4.78 is 6.52. The second kappa shape index (κ2) is 12.5. The van der Waals surface area contributed by atoms with Crippen LogP contribution in [0.3, 0.4) is 0 Å². The van der Waals surface area contributed by atoms with E-state index >= 15 is 0 Å². The third-order valence-electron chi connectivity index (χ3n) is 6.40. The molecule has 3 aromatic carbocycles. The van der Waals surface area contributed by atoms with Crippen molar-refractivity contribution in [3.8, 4) is 5.75 Å². The number of hydrogen-bond acceptors (Lipinski definition) is 3. The summed E-state index contributed by atoms with van der Waals surface area (Å²) in [5.41, 5.74) is 3.99. The zero-order chi connectivity index (χ0) is 24.8. The standard InChI is InChI=1S/C28H29Cl2N3O2.ClH/c1-33(17-15-32(16-18-33)26-5-3-4-6-27(26)35-2)20-22-7-11-23(12-8-22)31-28(34)14-10-21-9-13-24(29)25(30)19-21;/h3-14,19H,15-18,20H2,1-2H3;1H/b14-10+;. The van der Waals surface area contributed by atoms with Gasteiger partial charge in [0.15, 0.2) is 0 Å². The Labute approximate surface area is 229 Å². The fraction of sp³-hybridized carbons (Fsp3) is 0.250. The van der Waals surface area contributed by atoms with E-state index in [1.54, 1.807) is 25.3 Å². The van der Waals surface area contributed by atoms with Crippen LogP contribution < -0.4 is 27.4 Å². The summed E-state index contributed by atoms with van der Waals surface area (Å²) >= 11 is 12.0. The van der Waals surface area contributed by atoms with Gasteiger partial charge < -0.3 is 31.8 Å². The molecule has 0 aromatic heterocycles. The van der Waals surface area contributed by atoms with Crippen molar-refractivity contribution in [2.75, 3.05) is 50.6 Å². The van der Waals surface area contributed by atoms with Crippen molar-refractivity contribution in [3.05, 3.63) is 94.0 Å². The summed E-state index contributed by atoms with van der Waals surface area (Å²) in [7, 11) is 4.03. The Kier molecular flexibility index (Phi) is 9.69. The van der Waals surface area contributed by atoms with Crippen LogP contribution in [0.2, 0.25) is 10.0 Å². The Hall–Kier alpha value is -2.70. The number of likely N-dealkylation sites (N-methyl/N-ethyl adjacent to an activating group) is 1. The third-order valence-corrected chi connectivity index (χ3v) is 7.14. The molecule has 36 heavy (non-hydrogen) atoms. The Morgan fingerprint density at radius 1 is 1.03 bits per heavy atom. The zero-order valence-corrected chi connectivity index (χ0v) is 22.7. The molecule has 0 bridgehead atoms. The van der Waals surface area contributed by atoms with Gasteiger partial charge in [0.05, 0.1) is 56.1 Å². The minimum Gasteiger partial charge on any atom is -1.00 e. The number of amides is 1. The number of anilines is 2. The molecule has 0 unspecified atom stereocenters. The molecule has 1 N–H and O–H groups in total. The SMILES string of the molecule is COc1ccccc1N1CC[N+](C)(Cc2ccc(NC(=O)/C=C/c3ccc(Cl)c(Cl)c3)cc2)CC1.[Cl-]. The lowest BCUT2D eigenvalue weighted by molar-refractivity contribution is -0.923.